The lowest BCUT2D eigenvalue weighted by atomic mass is 10.0. The highest BCUT2D eigenvalue weighted by Crippen LogP contribution is 2.28. The van der Waals surface area contributed by atoms with Gasteiger partial charge >= 0.3 is 5.97 Å². The summed E-state index contributed by atoms with van der Waals surface area (Å²) < 4.78 is 0. The van der Waals surface area contributed by atoms with Gasteiger partial charge in [-0.05, 0) is 6.07 Å². The number of hydrogen-bond acceptors (Lipinski definition) is 4. The normalized spacial score (nSPS) is 14.5. The number of aliphatic hydroxyl groups excluding tert-OH is 2. The molecule has 0 fully saturated rings. The molecular weight excluding hydrogens is 234 g/mol. The van der Waals surface area contributed by atoms with Crippen LogP contribution in [0.1, 0.15) is 22.0 Å². The quantitative estimate of drug-likeness (QED) is 0.614. The monoisotopic (exact) mass is 245 g/mol. The first kappa shape index (κ1) is 12.9. The number of carboxylic acids is 1. The van der Waals surface area contributed by atoms with Gasteiger partial charge in [-0.25, -0.2) is 4.79 Å². The van der Waals surface area contributed by atoms with Crippen molar-refractivity contribution in [2.24, 2.45) is 5.73 Å². The van der Waals surface area contributed by atoms with E-state index in [2.05, 4.69) is 0 Å². The maximum absolute atomic E-state index is 10.8. The van der Waals surface area contributed by atoms with Gasteiger partial charge in [-0.2, -0.15) is 0 Å². The maximum atomic E-state index is 10.8. The lowest BCUT2D eigenvalue weighted by Crippen LogP contribution is -2.27. The number of carbonyl (C=O) groups is 1. The first-order valence-corrected chi connectivity index (χ1v) is 4.94. The molecule has 5 nitrogen and oxygen atoms in total. The molecule has 1 aromatic carbocycles. The van der Waals surface area contributed by atoms with Gasteiger partial charge in [0.05, 0.1) is 16.7 Å². The lowest BCUT2D eigenvalue weighted by Gasteiger charge is -2.18. The van der Waals surface area contributed by atoms with E-state index < -0.39 is 18.2 Å². The molecule has 2 atom stereocenters. The van der Waals surface area contributed by atoms with Crippen molar-refractivity contribution in [1.82, 2.24) is 0 Å². The minimum Gasteiger partial charge on any atom is -0.478 e. The predicted octanol–water partition coefficient (Wildman–Crippen LogP) is 0.391. The first-order valence-electron chi connectivity index (χ1n) is 4.57. The molecule has 0 spiro atoms. The van der Waals surface area contributed by atoms with E-state index in [0.717, 1.165) is 0 Å². The van der Waals surface area contributed by atoms with Crippen LogP contribution < -0.4 is 5.73 Å². The molecule has 0 radical (unpaired) electrons. The zero-order valence-corrected chi connectivity index (χ0v) is 9.05. The molecule has 0 bridgehead atoms. The van der Waals surface area contributed by atoms with Crippen LogP contribution in [-0.4, -0.2) is 33.9 Å². The number of halogens is 1. The van der Waals surface area contributed by atoms with Crippen LogP contribution in [0.25, 0.3) is 0 Å². The number of aromatic carboxylic acids is 1. The van der Waals surface area contributed by atoms with Gasteiger partial charge in [0.15, 0.2) is 0 Å². The van der Waals surface area contributed by atoms with Gasteiger partial charge in [-0.15, -0.1) is 0 Å². The van der Waals surface area contributed by atoms with Gasteiger partial charge in [0, 0.05) is 12.1 Å². The Balaban J connectivity index is 3.15. The highest BCUT2D eigenvalue weighted by molar-refractivity contribution is 6.34. The number of carboxylic acid groups (broad SMARTS) is 1. The average molecular weight is 246 g/mol. The summed E-state index contributed by atoms with van der Waals surface area (Å²) in [6, 6.07) is 4.20. The lowest BCUT2D eigenvalue weighted by molar-refractivity contribution is 0.0243. The summed E-state index contributed by atoms with van der Waals surface area (Å²) in [6.07, 6.45) is -2.47. The Morgan fingerprint density at radius 3 is 2.56 bits per heavy atom. The molecule has 0 aliphatic carbocycles. The van der Waals surface area contributed by atoms with Crippen molar-refractivity contribution in [2.75, 3.05) is 6.54 Å². The fourth-order valence-electron chi connectivity index (χ4n) is 1.28. The van der Waals surface area contributed by atoms with Crippen molar-refractivity contribution in [3.63, 3.8) is 0 Å². The van der Waals surface area contributed by atoms with Crippen molar-refractivity contribution in [1.29, 1.82) is 0 Å². The number of hydrogen-bond donors (Lipinski definition) is 4. The molecule has 0 aromatic heterocycles. The van der Waals surface area contributed by atoms with Crippen LogP contribution in [0.3, 0.4) is 0 Å². The molecule has 0 amide bonds. The Kier molecular flexibility index (Phi) is 4.26. The Labute approximate surface area is 97.1 Å². The molecule has 5 N–H and O–H groups in total. The molecule has 0 saturated heterocycles. The zero-order valence-electron chi connectivity index (χ0n) is 8.30. The SMILES string of the molecule is NCC(O)C(O)c1cccc(C(=O)O)c1Cl. The molecule has 0 aliphatic heterocycles. The number of nitrogens with two attached hydrogens (primary N) is 1. The van der Waals surface area contributed by atoms with Crippen molar-refractivity contribution in [3.8, 4) is 0 Å². The van der Waals surface area contributed by atoms with E-state index in [4.69, 9.17) is 22.4 Å². The Morgan fingerprint density at radius 2 is 2.06 bits per heavy atom. The summed E-state index contributed by atoms with van der Waals surface area (Å²) in [7, 11) is 0. The van der Waals surface area contributed by atoms with Crippen molar-refractivity contribution in [2.45, 2.75) is 12.2 Å². The predicted molar refractivity (Wildman–Crippen MR) is 58.4 cm³/mol. The van der Waals surface area contributed by atoms with Crippen LogP contribution in [-0.2, 0) is 0 Å². The Hall–Kier alpha value is -1.14. The summed E-state index contributed by atoms with van der Waals surface area (Å²) in [4.78, 5) is 10.8. The van der Waals surface area contributed by atoms with Crippen LogP contribution in [0, 0.1) is 0 Å². The molecule has 16 heavy (non-hydrogen) atoms. The number of aliphatic hydroxyl groups is 2. The van der Waals surface area contributed by atoms with Crippen LogP contribution >= 0.6 is 11.6 Å². The summed E-state index contributed by atoms with van der Waals surface area (Å²) in [5.41, 5.74) is 5.22. The topological polar surface area (TPSA) is 104 Å². The summed E-state index contributed by atoms with van der Waals surface area (Å²) in [5, 5.41) is 27.7. The third-order valence-electron chi connectivity index (χ3n) is 2.18. The fraction of sp³-hybridized carbons (Fsp3) is 0.300. The van der Waals surface area contributed by atoms with E-state index in [1.54, 1.807) is 0 Å². The molecule has 0 saturated carbocycles. The van der Waals surface area contributed by atoms with E-state index in [1.807, 2.05) is 0 Å². The van der Waals surface area contributed by atoms with Gasteiger partial charge in [-0.3, -0.25) is 0 Å². The highest BCUT2D eigenvalue weighted by Gasteiger charge is 2.22. The minimum atomic E-state index is -1.29. The van der Waals surface area contributed by atoms with Crippen LogP contribution in [0.2, 0.25) is 5.02 Å². The van der Waals surface area contributed by atoms with E-state index >= 15 is 0 Å². The molecule has 0 aliphatic rings. The summed E-state index contributed by atoms with van der Waals surface area (Å²) in [6.45, 7) is -0.144. The van der Waals surface area contributed by atoms with Crippen molar-refractivity contribution >= 4 is 17.6 Å². The number of benzene rings is 1. The molecular formula is C10H12ClNO4. The van der Waals surface area contributed by atoms with E-state index in [-0.39, 0.29) is 22.7 Å². The van der Waals surface area contributed by atoms with Crippen LogP contribution in [0.4, 0.5) is 0 Å². The van der Waals surface area contributed by atoms with Gasteiger partial charge in [0.1, 0.15) is 6.10 Å². The third kappa shape index (κ3) is 2.51. The van der Waals surface area contributed by atoms with E-state index in [0.29, 0.717) is 0 Å². The van der Waals surface area contributed by atoms with Crippen molar-refractivity contribution < 1.29 is 20.1 Å². The minimum absolute atomic E-state index is 0.0880. The highest BCUT2D eigenvalue weighted by atomic mass is 35.5. The van der Waals surface area contributed by atoms with Gasteiger partial charge in [0.25, 0.3) is 0 Å². The summed E-state index contributed by atoms with van der Waals surface area (Å²) >= 11 is 5.81. The molecule has 6 heteroatoms. The standard InChI is InChI=1S/C10H12ClNO4/c11-8-5(9(14)7(13)4-12)2-1-3-6(8)10(15)16/h1-3,7,9,13-14H,4,12H2,(H,15,16). The fourth-order valence-corrected chi connectivity index (χ4v) is 1.60. The second kappa shape index (κ2) is 5.27. The molecule has 2 unspecified atom stereocenters. The van der Waals surface area contributed by atoms with Crippen molar-refractivity contribution in [3.05, 3.63) is 34.3 Å². The average Bonchev–Trinajstić information content (AvgIpc) is 2.27. The van der Waals surface area contributed by atoms with Crippen LogP contribution in [0.5, 0.6) is 0 Å². The third-order valence-corrected chi connectivity index (χ3v) is 2.61. The van der Waals surface area contributed by atoms with E-state index in [1.165, 1.54) is 18.2 Å². The van der Waals surface area contributed by atoms with Gasteiger partial charge in [0.2, 0.25) is 0 Å². The Morgan fingerprint density at radius 1 is 1.44 bits per heavy atom. The second-order valence-corrected chi connectivity index (χ2v) is 3.64. The zero-order chi connectivity index (χ0) is 12.3. The number of rotatable bonds is 4. The molecule has 1 rings (SSSR count). The van der Waals surface area contributed by atoms with Gasteiger partial charge in [-0.1, -0.05) is 23.7 Å². The maximum Gasteiger partial charge on any atom is 0.337 e. The second-order valence-electron chi connectivity index (χ2n) is 3.26. The van der Waals surface area contributed by atoms with Gasteiger partial charge < -0.3 is 21.1 Å². The molecule has 1 aromatic rings. The molecule has 0 heterocycles. The summed E-state index contributed by atoms with van der Waals surface area (Å²) in [5.74, 6) is -1.19. The van der Waals surface area contributed by atoms with Crippen LogP contribution in [0.15, 0.2) is 18.2 Å². The molecule has 88 valence electrons. The van der Waals surface area contributed by atoms with E-state index in [9.17, 15) is 15.0 Å². The largest absolute Gasteiger partial charge is 0.478 e. The Bertz CT molecular complexity index is 396. The first-order chi connectivity index (χ1) is 7.49. The smallest absolute Gasteiger partial charge is 0.337 e.